The average Bonchev–Trinajstić information content (AvgIpc) is 2.48. The molecule has 0 aliphatic heterocycles. The highest BCUT2D eigenvalue weighted by Crippen LogP contribution is 2.20. The Morgan fingerprint density at radius 1 is 1.62 bits per heavy atom. The molecule has 0 bridgehead atoms. The van der Waals surface area contributed by atoms with Crippen molar-refractivity contribution in [1.82, 2.24) is 9.78 Å². The van der Waals surface area contributed by atoms with Crippen LogP contribution in [0.3, 0.4) is 0 Å². The molecule has 0 radical (unpaired) electrons. The van der Waals surface area contributed by atoms with Crippen molar-refractivity contribution in [3.05, 3.63) is 18.0 Å². The second-order valence-corrected chi connectivity index (χ2v) is 2.76. The Bertz CT molecular complexity index is 273. The molecular formula is C8H12F2N2O. The van der Waals surface area contributed by atoms with Crippen molar-refractivity contribution in [2.45, 2.75) is 26.1 Å². The first-order valence-electron chi connectivity index (χ1n) is 4.04. The first-order chi connectivity index (χ1) is 6.03. The number of alkyl halides is 2. The summed E-state index contributed by atoms with van der Waals surface area (Å²) in [5.41, 5.74) is 0.510. The quantitative estimate of drug-likeness (QED) is 0.725. The zero-order chi connectivity index (χ0) is 9.90. The summed E-state index contributed by atoms with van der Waals surface area (Å²) in [7, 11) is 1.72. The zero-order valence-corrected chi connectivity index (χ0v) is 7.63. The summed E-state index contributed by atoms with van der Waals surface area (Å²) < 4.78 is 31.1. The van der Waals surface area contributed by atoms with Gasteiger partial charge in [-0.25, -0.2) is 0 Å². The van der Waals surface area contributed by atoms with Crippen molar-refractivity contribution in [1.29, 1.82) is 0 Å². The third kappa shape index (κ3) is 3.10. The Hall–Kier alpha value is -0.970. The van der Waals surface area contributed by atoms with E-state index in [4.69, 9.17) is 0 Å². The first kappa shape index (κ1) is 10.1. The van der Waals surface area contributed by atoms with Crippen LogP contribution < -0.4 is 0 Å². The number of halogens is 2. The molecule has 13 heavy (non-hydrogen) atoms. The monoisotopic (exact) mass is 190 g/mol. The highest BCUT2D eigenvalue weighted by Gasteiger charge is 2.27. The molecule has 0 amide bonds. The highest BCUT2D eigenvalue weighted by molar-refractivity contribution is 4.96. The number of hydrogen-bond donors (Lipinski definition) is 0. The smallest absolute Gasteiger partial charge is 0.314 e. The molecule has 0 saturated heterocycles. The summed E-state index contributed by atoms with van der Waals surface area (Å²) in [6, 6.07) is 1.64. The van der Waals surface area contributed by atoms with Gasteiger partial charge >= 0.3 is 6.11 Å². The Morgan fingerprint density at radius 3 is 2.77 bits per heavy atom. The predicted molar refractivity (Wildman–Crippen MR) is 43.2 cm³/mol. The fourth-order valence-electron chi connectivity index (χ4n) is 0.822. The van der Waals surface area contributed by atoms with Crippen LogP contribution in [0.4, 0.5) is 8.78 Å². The van der Waals surface area contributed by atoms with Crippen molar-refractivity contribution >= 4 is 0 Å². The molecule has 0 unspecified atom stereocenters. The summed E-state index contributed by atoms with van der Waals surface area (Å²) >= 11 is 0. The molecule has 1 rings (SSSR count). The van der Waals surface area contributed by atoms with Crippen LogP contribution in [0.1, 0.15) is 19.0 Å². The maximum atomic E-state index is 12.6. The molecule has 74 valence electrons. The second-order valence-electron chi connectivity index (χ2n) is 2.76. The van der Waals surface area contributed by atoms with Gasteiger partial charge in [-0.05, 0) is 6.07 Å². The van der Waals surface area contributed by atoms with Crippen LogP contribution in [0.2, 0.25) is 0 Å². The van der Waals surface area contributed by atoms with Crippen LogP contribution in [0, 0.1) is 0 Å². The number of rotatable bonds is 4. The van der Waals surface area contributed by atoms with E-state index in [-0.39, 0.29) is 13.0 Å². The van der Waals surface area contributed by atoms with Crippen molar-refractivity contribution < 1.29 is 13.5 Å². The maximum absolute atomic E-state index is 12.6. The third-order valence-electron chi connectivity index (χ3n) is 1.61. The first-order valence-corrected chi connectivity index (χ1v) is 4.04. The lowest BCUT2D eigenvalue weighted by molar-refractivity contribution is -0.247. The van der Waals surface area contributed by atoms with Crippen molar-refractivity contribution in [2.75, 3.05) is 0 Å². The standard InChI is InChI=1S/C8H12F2N2O/c1-3-8(9,10)13-6-7-4-5-12(2)11-7/h4-5H,3,6H2,1-2H3. The van der Waals surface area contributed by atoms with Gasteiger partial charge in [0, 0.05) is 19.7 Å². The largest absolute Gasteiger partial charge is 0.355 e. The van der Waals surface area contributed by atoms with Gasteiger partial charge in [-0.15, -0.1) is 0 Å². The van der Waals surface area contributed by atoms with Gasteiger partial charge in [0.15, 0.2) is 0 Å². The Kier molecular flexibility index (Phi) is 2.98. The van der Waals surface area contributed by atoms with E-state index in [2.05, 4.69) is 9.84 Å². The van der Waals surface area contributed by atoms with Gasteiger partial charge in [0.2, 0.25) is 0 Å². The van der Waals surface area contributed by atoms with Crippen LogP contribution in [0.15, 0.2) is 12.3 Å². The summed E-state index contributed by atoms with van der Waals surface area (Å²) in [4.78, 5) is 0. The van der Waals surface area contributed by atoms with Gasteiger partial charge < -0.3 is 4.74 Å². The van der Waals surface area contributed by atoms with Gasteiger partial charge in [-0.2, -0.15) is 13.9 Å². The minimum absolute atomic E-state index is 0.151. The minimum atomic E-state index is -3.04. The molecule has 0 aliphatic carbocycles. The molecule has 1 aromatic rings. The number of aryl methyl sites for hydroxylation is 1. The Labute approximate surface area is 75.3 Å². The predicted octanol–water partition coefficient (Wildman–Crippen LogP) is 1.94. The van der Waals surface area contributed by atoms with E-state index in [1.54, 1.807) is 24.0 Å². The number of ether oxygens (including phenoxy) is 1. The lowest BCUT2D eigenvalue weighted by atomic mass is 10.4. The second kappa shape index (κ2) is 3.83. The molecule has 0 fully saturated rings. The van der Waals surface area contributed by atoms with Gasteiger partial charge in [0.25, 0.3) is 0 Å². The molecule has 1 aromatic heterocycles. The summed E-state index contributed by atoms with van der Waals surface area (Å²) in [6.45, 7) is 1.22. The zero-order valence-electron chi connectivity index (χ0n) is 7.63. The van der Waals surface area contributed by atoms with Crippen molar-refractivity contribution in [3.8, 4) is 0 Å². The van der Waals surface area contributed by atoms with E-state index in [1.165, 1.54) is 6.92 Å². The highest BCUT2D eigenvalue weighted by atomic mass is 19.3. The fraction of sp³-hybridized carbons (Fsp3) is 0.625. The summed E-state index contributed by atoms with van der Waals surface area (Å²) in [5.74, 6) is 0. The van der Waals surface area contributed by atoms with Crippen LogP contribution >= 0.6 is 0 Å². The van der Waals surface area contributed by atoms with E-state index in [0.29, 0.717) is 5.69 Å². The number of aromatic nitrogens is 2. The molecule has 1 heterocycles. The van der Waals surface area contributed by atoms with E-state index in [9.17, 15) is 8.78 Å². The van der Waals surface area contributed by atoms with Crippen LogP contribution in [0.5, 0.6) is 0 Å². The molecule has 0 spiro atoms. The van der Waals surface area contributed by atoms with E-state index < -0.39 is 6.11 Å². The van der Waals surface area contributed by atoms with Crippen LogP contribution in [0.25, 0.3) is 0 Å². The lowest BCUT2D eigenvalue weighted by Crippen LogP contribution is -2.19. The minimum Gasteiger partial charge on any atom is -0.314 e. The summed E-state index contributed by atoms with van der Waals surface area (Å²) in [5, 5.41) is 3.91. The molecule has 0 N–H and O–H groups in total. The van der Waals surface area contributed by atoms with Crippen LogP contribution in [-0.2, 0) is 18.4 Å². The summed E-state index contributed by atoms with van der Waals surface area (Å²) in [6.07, 6.45) is -1.68. The molecule has 5 heteroatoms. The van der Waals surface area contributed by atoms with Crippen molar-refractivity contribution in [2.24, 2.45) is 7.05 Å². The van der Waals surface area contributed by atoms with Gasteiger partial charge in [-0.1, -0.05) is 6.92 Å². The lowest BCUT2D eigenvalue weighted by Gasteiger charge is -2.13. The number of hydrogen-bond acceptors (Lipinski definition) is 2. The molecule has 0 saturated carbocycles. The number of nitrogens with zero attached hydrogens (tertiary/aromatic N) is 2. The van der Waals surface area contributed by atoms with Gasteiger partial charge in [0.1, 0.15) is 0 Å². The molecule has 0 aliphatic rings. The van der Waals surface area contributed by atoms with E-state index >= 15 is 0 Å². The fourth-order valence-corrected chi connectivity index (χ4v) is 0.822. The SMILES string of the molecule is CCC(F)(F)OCc1ccn(C)n1. The van der Waals surface area contributed by atoms with Crippen LogP contribution in [-0.4, -0.2) is 15.9 Å². The van der Waals surface area contributed by atoms with Gasteiger partial charge in [-0.3, -0.25) is 4.68 Å². The molecule has 0 aromatic carbocycles. The van der Waals surface area contributed by atoms with E-state index in [0.717, 1.165) is 0 Å². The maximum Gasteiger partial charge on any atom is 0.355 e. The van der Waals surface area contributed by atoms with Crippen molar-refractivity contribution in [3.63, 3.8) is 0 Å². The topological polar surface area (TPSA) is 27.1 Å². The van der Waals surface area contributed by atoms with Gasteiger partial charge in [0.05, 0.1) is 12.3 Å². The normalized spacial score (nSPS) is 12.0. The Balaban J connectivity index is 2.43. The molecule has 0 atom stereocenters. The average molecular weight is 190 g/mol. The molecule has 3 nitrogen and oxygen atoms in total. The Morgan fingerprint density at radius 2 is 2.31 bits per heavy atom. The molecular weight excluding hydrogens is 178 g/mol. The third-order valence-corrected chi connectivity index (χ3v) is 1.61. The van der Waals surface area contributed by atoms with E-state index in [1.807, 2.05) is 0 Å².